The van der Waals surface area contributed by atoms with Crippen LogP contribution in [0.1, 0.15) is 23.4 Å². The normalized spacial score (nSPS) is 12.6. The molecule has 78 valence electrons. The number of hydrogen-bond acceptors (Lipinski definition) is 4. The van der Waals surface area contributed by atoms with Gasteiger partial charge in [0.25, 0.3) is 0 Å². The Morgan fingerprint density at radius 2 is 2.33 bits per heavy atom. The van der Waals surface area contributed by atoms with Crippen molar-refractivity contribution >= 4 is 11.3 Å². The minimum Gasteiger partial charge on any atom is -0.305 e. The molecule has 0 aliphatic rings. The molecule has 0 radical (unpaired) electrons. The molecular formula is C11H13N3S. The molecule has 2 heterocycles. The number of thiazole rings is 1. The summed E-state index contributed by atoms with van der Waals surface area (Å²) < 4.78 is 0. The fourth-order valence-corrected chi connectivity index (χ4v) is 1.88. The van der Waals surface area contributed by atoms with Crippen LogP contribution in [0.3, 0.4) is 0 Å². The molecule has 0 saturated heterocycles. The van der Waals surface area contributed by atoms with Crippen molar-refractivity contribution in [3.8, 4) is 0 Å². The lowest BCUT2D eigenvalue weighted by Crippen LogP contribution is -2.17. The van der Waals surface area contributed by atoms with Crippen LogP contribution in [0.5, 0.6) is 0 Å². The number of pyridine rings is 1. The van der Waals surface area contributed by atoms with Gasteiger partial charge < -0.3 is 5.32 Å². The Balaban J connectivity index is 1.90. The quantitative estimate of drug-likeness (QED) is 0.858. The second-order valence-electron chi connectivity index (χ2n) is 3.36. The van der Waals surface area contributed by atoms with E-state index < -0.39 is 0 Å². The molecule has 0 fully saturated rings. The van der Waals surface area contributed by atoms with E-state index >= 15 is 0 Å². The van der Waals surface area contributed by atoms with Crippen molar-refractivity contribution < 1.29 is 0 Å². The molecule has 2 aromatic rings. The van der Waals surface area contributed by atoms with Gasteiger partial charge in [0.2, 0.25) is 0 Å². The van der Waals surface area contributed by atoms with Crippen LogP contribution in [0.25, 0.3) is 0 Å². The van der Waals surface area contributed by atoms with E-state index in [4.69, 9.17) is 0 Å². The van der Waals surface area contributed by atoms with E-state index in [2.05, 4.69) is 28.3 Å². The molecule has 1 unspecified atom stereocenters. The van der Waals surface area contributed by atoms with E-state index in [-0.39, 0.29) is 0 Å². The first-order valence-electron chi connectivity index (χ1n) is 4.87. The van der Waals surface area contributed by atoms with Gasteiger partial charge in [-0.25, -0.2) is 0 Å². The number of nitrogens with one attached hydrogen (secondary N) is 1. The van der Waals surface area contributed by atoms with E-state index in [1.54, 1.807) is 17.5 Å². The highest BCUT2D eigenvalue weighted by molar-refractivity contribution is 7.09. The van der Waals surface area contributed by atoms with Crippen LogP contribution in [-0.4, -0.2) is 9.97 Å². The lowest BCUT2D eigenvalue weighted by atomic mass is 10.1. The number of aromatic nitrogens is 2. The summed E-state index contributed by atoms with van der Waals surface area (Å²) in [5.74, 6) is 0. The van der Waals surface area contributed by atoms with Crippen molar-refractivity contribution in [2.45, 2.75) is 19.5 Å². The maximum Gasteiger partial charge on any atom is 0.0794 e. The zero-order chi connectivity index (χ0) is 10.5. The summed E-state index contributed by atoms with van der Waals surface area (Å²) in [6, 6.07) is 4.36. The highest BCUT2D eigenvalue weighted by Gasteiger charge is 2.04. The van der Waals surface area contributed by atoms with Gasteiger partial charge >= 0.3 is 0 Å². The van der Waals surface area contributed by atoms with Crippen LogP contribution in [0.2, 0.25) is 0 Å². The number of hydrogen-bond donors (Lipinski definition) is 1. The predicted molar refractivity (Wildman–Crippen MR) is 61.6 cm³/mol. The fraction of sp³-hybridized carbons (Fsp3) is 0.273. The Kier molecular flexibility index (Phi) is 3.42. The predicted octanol–water partition coefficient (Wildman–Crippen LogP) is 2.39. The zero-order valence-electron chi connectivity index (χ0n) is 8.55. The molecule has 1 atom stereocenters. The van der Waals surface area contributed by atoms with Crippen LogP contribution in [0.4, 0.5) is 0 Å². The summed E-state index contributed by atoms with van der Waals surface area (Å²) in [7, 11) is 0. The summed E-state index contributed by atoms with van der Waals surface area (Å²) in [4.78, 5) is 9.40. The topological polar surface area (TPSA) is 37.8 Å². The van der Waals surface area contributed by atoms with Gasteiger partial charge in [-0.05, 0) is 18.6 Å². The Labute approximate surface area is 93.2 Å². The largest absolute Gasteiger partial charge is 0.305 e. The van der Waals surface area contributed by atoms with Gasteiger partial charge in [-0.2, -0.15) is 0 Å². The van der Waals surface area contributed by atoms with Gasteiger partial charge in [-0.3, -0.25) is 9.97 Å². The van der Waals surface area contributed by atoms with Gasteiger partial charge in [0.15, 0.2) is 0 Å². The maximum atomic E-state index is 4.10. The number of rotatable bonds is 4. The van der Waals surface area contributed by atoms with Gasteiger partial charge in [0.05, 0.1) is 5.51 Å². The fourth-order valence-electron chi connectivity index (χ4n) is 1.33. The molecule has 15 heavy (non-hydrogen) atoms. The van der Waals surface area contributed by atoms with Gasteiger partial charge in [0, 0.05) is 36.1 Å². The summed E-state index contributed by atoms with van der Waals surface area (Å²) in [6.45, 7) is 3.00. The first-order chi connectivity index (χ1) is 7.36. The lowest BCUT2D eigenvalue weighted by Gasteiger charge is -2.12. The Bertz CT molecular complexity index is 385. The minimum atomic E-state index is 0.320. The lowest BCUT2D eigenvalue weighted by molar-refractivity contribution is 0.577. The monoisotopic (exact) mass is 219 g/mol. The molecule has 2 rings (SSSR count). The van der Waals surface area contributed by atoms with Crippen LogP contribution >= 0.6 is 11.3 Å². The first-order valence-corrected chi connectivity index (χ1v) is 5.75. The average Bonchev–Trinajstić information content (AvgIpc) is 2.80. The van der Waals surface area contributed by atoms with Gasteiger partial charge in [-0.15, -0.1) is 11.3 Å². The Hall–Kier alpha value is -1.26. The average molecular weight is 219 g/mol. The SMILES string of the molecule is CC(NCc1cncs1)c1cccnc1. The maximum absolute atomic E-state index is 4.10. The van der Waals surface area contributed by atoms with Crippen molar-refractivity contribution in [2.75, 3.05) is 0 Å². The minimum absolute atomic E-state index is 0.320. The second kappa shape index (κ2) is 5.00. The standard InChI is InChI=1S/C11H13N3S/c1-9(10-3-2-4-12-5-10)14-7-11-6-13-8-15-11/h2-6,8-9,14H,7H2,1H3. The number of nitrogens with zero attached hydrogens (tertiary/aromatic N) is 2. The van der Waals surface area contributed by atoms with Crippen LogP contribution in [0.15, 0.2) is 36.2 Å². The van der Waals surface area contributed by atoms with Crippen LogP contribution in [0, 0.1) is 0 Å². The van der Waals surface area contributed by atoms with Crippen molar-refractivity contribution in [2.24, 2.45) is 0 Å². The molecule has 0 aliphatic carbocycles. The third-order valence-corrected chi connectivity index (χ3v) is 3.03. The third kappa shape index (κ3) is 2.84. The Morgan fingerprint density at radius 3 is 3.00 bits per heavy atom. The van der Waals surface area contributed by atoms with E-state index in [9.17, 15) is 0 Å². The molecule has 0 saturated carbocycles. The first kappa shape index (κ1) is 10.3. The van der Waals surface area contributed by atoms with Gasteiger partial charge in [0.1, 0.15) is 0 Å². The summed E-state index contributed by atoms with van der Waals surface area (Å²) in [5, 5.41) is 3.43. The molecule has 0 spiro atoms. The van der Waals surface area contributed by atoms with Crippen molar-refractivity contribution in [3.63, 3.8) is 0 Å². The van der Waals surface area contributed by atoms with E-state index in [0.29, 0.717) is 6.04 Å². The molecule has 4 heteroatoms. The van der Waals surface area contributed by atoms with Crippen LogP contribution < -0.4 is 5.32 Å². The van der Waals surface area contributed by atoms with Crippen molar-refractivity contribution in [1.82, 2.24) is 15.3 Å². The van der Waals surface area contributed by atoms with Crippen molar-refractivity contribution in [3.05, 3.63) is 46.7 Å². The van der Waals surface area contributed by atoms with E-state index in [1.807, 2.05) is 24.0 Å². The highest BCUT2D eigenvalue weighted by Crippen LogP contribution is 2.12. The zero-order valence-corrected chi connectivity index (χ0v) is 9.37. The van der Waals surface area contributed by atoms with E-state index in [1.165, 1.54) is 10.4 Å². The molecule has 0 aliphatic heterocycles. The van der Waals surface area contributed by atoms with Crippen LogP contribution in [-0.2, 0) is 6.54 Å². The molecule has 1 N–H and O–H groups in total. The summed E-state index contributed by atoms with van der Waals surface area (Å²) in [5.41, 5.74) is 3.06. The van der Waals surface area contributed by atoms with Gasteiger partial charge in [-0.1, -0.05) is 6.07 Å². The summed E-state index contributed by atoms with van der Waals surface area (Å²) in [6.07, 6.45) is 5.58. The second-order valence-corrected chi connectivity index (χ2v) is 4.33. The molecule has 3 nitrogen and oxygen atoms in total. The Morgan fingerprint density at radius 1 is 1.40 bits per heavy atom. The summed E-state index contributed by atoms with van der Waals surface area (Å²) >= 11 is 1.67. The highest BCUT2D eigenvalue weighted by atomic mass is 32.1. The molecule has 2 aromatic heterocycles. The molecule has 0 aromatic carbocycles. The smallest absolute Gasteiger partial charge is 0.0794 e. The van der Waals surface area contributed by atoms with Crippen molar-refractivity contribution in [1.29, 1.82) is 0 Å². The third-order valence-electron chi connectivity index (χ3n) is 2.25. The van der Waals surface area contributed by atoms with E-state index in [0.717, 1.165) is 6.54 Å². The molecule has 0 amide bonds. The molecular weight excluding hydrogens is 206 g/mol. The molecule has 0 bridgehead atoms.